The maximum absolute atomic E-state index is 5.46. The SMILES string of the molecule is c1cc(N[C@H]2CCCOC2)nc(NCCc2nccs2)n1. The van der Waals surface area contributed by atoms with Crippen LogP contribution in [-0.2, 0) is 11.2 Å². The minimum atomic E-state index is 0.344. The molecule has 21 heavy (non-hydrogen) atoms. The summed E-state index contributed by atoms with van der Waals surface area (Å²) in [6, 6.07) is 2.23. The molecule has 0 aromatic carbocycles. The fourth-order valence-electron chi connectivity index (χ4n) is 2.25. The summed E-state index contributed by atoms with van der Waals surface area (Å²) in [4.78, 5) is 13.0. The number of hydrogen-bond donors (Lipinski definition) is 2. The van der Waals surface area contributed by atoms with Gasteiger partial charge in [-0.25, -0.2) is 9.97 Å². The Morgan fingerprint density at radius 2 is 2.33 bits per heavy atom. The smallest absolute Gasteiger partial charge is 0.224 e. The van der Waals surface area contributed by atoms with Crippen molar-refractivity contribution in [2.45, 2.75) is 25.3 Å². The van der Waals surface area contributed by atoms with Gasteiger partial charge in [0.25, 0.3) is 0 Å². The standard InChI is InChI=1S/C14H19N5OS/c1-2-11(10-20-8-1)18-12-3-5-16-14(19-12)17-6-4-13-15-7-9-21-13/h3,5,7,9,11H,1-2,4,6,8,10H2,(H2,16,17,18,19)/t11-/m0/s1. The van der Waals surface area contributed by atoms with Crippen LogP contribution in [0.3, 0.4) is 0 Å². The van der Waals surface area contributed by atoms with Crippen molar-refractivity contribution in [2.75, 3.05) is 30.4 Å². The topological polar surface area (TPSA) is 72.0 Å². The fourth-order valence-corrected chi connectivity index (χ4v) is 2.87. The molecule has 0 radical (unpaired) electrons. The monoisotopic (exact) mass is 305 g/mol. The number of aromatic nitrogens is 3. The van der Waals surface area contributed by atoms with Gasteiger partial charge in [-0.1, -0.05) is 0 Å². The number of rotatable bonds is 6. The Hall–Kier alpha value is -1.73. The predicted octanol–water partition coefficient (Wildman–Crippen LogP) is 2.18. The van der Waals surface area contributed by atoms with E-state index in [1.807, 2.05) is 17.6 Å². The van der Waals surface area contributed by atoms with Gasteiger partial charge < -0.3 is 15.4 Å². The number of thiazole rings is 1. The number of anilines is 2. The molecule has 112 valence electrons. The largest absolute Gasteiger partial charge is 0.379 e. The van der Waals surface area contributed by atoms with Crippen molar-refractivity contribution >= 4 is 23.1 Å². The molecule has 0 aliphatic carbocycles. The van der Waals surface area contributed by atoms with E-state index in [1.54, 1.807) is 17.5 Å². The van der Waals surface area contributed by atoms with Crippen LogP contribution in [0.15, 0.2) is 23.8 Å². The van der Waals surface area contributed by atoms with E-state index in [0.29, 0.717) is 12.0 Å². The maximum Gasteiger partial charge on any atom is 0.224 e. The molecule has 0 unspecified atom stereocenters. The second-order valence-corrected chi connectivity index (χ2v) is 5.91. The summed E-state index contributed by atoms with van der Waals surface area (Å²) in [6.45, 7) is 2.39. The average molecular weight is 305 g/mol. The molecule has 0 saturated carbocycles. The van der Waals surface area contributed by atoms with Crippen LogP contribution in [0.5, 0.6) is 0 Å². The van der Waals surface area contributed by atoms with Crippen LogP contribution in [-0.4, -0.2) is 40.8 Å². The number of nitrogens with one attached hydrogen (secondary N) is 2. The molecule has 3 rings (SSSR count). The van der Waals surface area contributed by atoms with Gasteiger partial charge in [-0.05, 0) is 18.9 Å². The summed E-state index contributed by atoms with van der Waals surface area (Å²) in [7, 11) is 0. The normalized spacial score (nSPS) is 18.4. The minimum Gasteiger partial charge on any atom is -0.379 e. The number of hydrogen-bond acceptors (Lipinski definition) is 7. The van der Waals surface area contributed by atoms with Crippen LogP contribution in [0.1, 0.15) is 17.8 Å². The summed E-state index contributed by atoms with van der Waals surface area (Å²) < 4.78 is 5.46. The molecule has 2 aromatic rings. The average Bonchev–Trinajstić information content (AvgIpc) is 3.02. The van der Waals surface area contributed by atoms with E-state index in [1.165, 1.54) is 0 Å². The molecule has 1 atom stereocenters. The zero-order chi connectivity index (χ0) is 14.3. The van der Waals surface area contributed by atoms with Crippen LogP contribution in [0, 0.1) is 0 Å². The van der Waals surface area contributed by atoms with Gasteiger partial charge in [0.15, 0.2) is 0 Å². The van der Waals surface area contributed by atoms with Crippen LogP contribution in [0.2, 0.25) is 0 Å². The van der Waals surface area contributed by atoms with E-state index in [9.17, 15) is 0 Å². The fraction of sp³-hybridized carbons (Fsp3) is 0.500. The third kappa shape index (κ3) is 4.37. The Kier molecular flexibility index (Phi) is 4.96. The lowest BCUT2D eigenvalue weighted by molar-refractivity contribution is 0.0875. The molecule has 2 N–H and O–H groups in total. The molecule has 2 aromatic heterocycles. The summed E-state index contributed by atoms with van der Waals surface area (Å²) in [5.41, 5.74) is 0. The summed E-state index contributed by atoms with van der Waals surface area (Å²) >= 11 is 1.67. The van der Waals surface area contributed by atoms with Crippen molar-refractivity contribution in [1.29, 1.82) is 0 Å². The molecule has 1 aliphatic rings. The molecule has 7 heteroatoms. The highest BCUT2D eigenvalue weighted by molar-refractivity contribution is 7.09. The first kappa shape index (κ1) is 14.2. The Labute approximate surface area is 128 Å². The van der Waals surface area contributed by atoms with Crippen molar-refractivity contribution < 1.29 is 4.74 Å². The van der Waals surface area contributed by atoms with E-state index in [-0.39, 0.29) is 0 Å². The Morgan fingerprint density at radius 3 is 3.14 bits per heavy atom. The lowest BCUT2D eigenvalue weighted by Crippen LogP contribution is -2.30. The van der Waals surface area contributed by atoms with E-state index in [2.05, 4.69) is 25.6 Å². The van der Waals surface area contributed by atoms with Gasteiger partial charge in [-0.15, -0.1) is 11.3 Å². The molecular formula is C14H19N5OS. The maximum atomic E-state index is 5.46. The van der Waals surface area contributed by atoms with Crippen molar-refractivity contribution in [2.24, 2.45) is 0 Å². The second kappa shape index (κ2) is 7.33. The van der Waals surface area contributed by atoms with Gasteiger partial charge in [0.1, 0.15) is 5.82 Å². The molecule has 0 amide bonds. The highest BCUT2D eigenvalue weighted by Crippen LogP contribution is 2.13. The molecule has 0 spiro atoms. The highest BCUT2D eigenvalue weighted by Gasteiger charge is 2.14. The molecule has 1 aliphatic heterocycles. The minimum absolute atomic E-state index is 0.344. The quantitative estimate of drug-likeness (QED) is 0.852. The third-order valence-corrected chi connectivity index (χ3v) is 4.11. The van der Waals surface area contributed by atoms with Gasteiger partial charge in [-0.2, -0.15) is 4.98 Å². The highest BCUT2D eigenvalue weighted by atomic mass is 32.1. The van der Waals surface area contributed by atoms with E-state index < -0.39 is 0 Å². The van der Waals surface area contributed by atoms with E-state index in [0.717, 1.165) is 49.8 Å². The summed E-state index contributed by atoms with van der Waals surface area (Å²) in [5, 5.41) is 9.74. The number of nitrogens with zero attached hydrogens (tertiary/aromatic N) is 3. The van der Waals surface area contributed by atoms with Crippen LogP contribution in [0.4, 0.5) is 11.8 Å². The molecule has 0 bridgehead atoms. The Bertz CT molecular complexity index is 542. The van der Waals surface area contributed by atoms with Crippen LogP contribution < -0.4 is 10.6 Å². The first-order valence-corrected chi connectivity index (χ1v) is 8.08. The molecule has 1 saturated heterocycles. The van der Waals surface area contributed by atoms with Crippen molar-refractivity contribution in [1.82, 2.24) is 15.0 Å². The lowest BCUT2D eigenvalue weighted by atomic mass is 10.1. The van der Waals surface area contributed by atoms with Gasteiger partial charge in [-0.3, -0.25) is 0 Å². The molecule has 1 fully saturated rings. The second-order valence-electron chi connectivity index (χ2n) is 4.93. The van der Waals surface area contributed by atoms with Gasteiger partial charge in [0.2, 0.25) is 5.95 Å². The first-order chi connectivity index (χ1) is 10.4. The first-order valence-electron chi connectivity index (χ1n) is 7.20. The number of ether oxygens (including phenoxy) is 1. The van der Waals surface area contributed by atoms with Gasteiger partial charge in [0, 0.05) is 37.3 Å². The molecule has 6 nitrogen and oxygen atoms in total. The lowest BCUT2D eigenvalue weighted by Gasteiger charge is -2.23. The Morgan fingerprint density at radius 1 is 1.33 bits per heavy atom. The summed E-state index contributed by atoms with van der Waals surface area (Å²) in [5.74, 6) is 1.49. The van der Waals surface area contributed by atoms with Gasteiger partial charge in [0.05, 0.1) is 17.7 Å². The third-order valence-electron chi connectivity index (χ3n) is 3.27. The summed E-state index contributed by atoms with van der Waals surface area (Å²) in [6.07, 6.45) is 6.70. The van der Waals surface area contributed by atoms with E-state index in [4.69, 9.17) is 4.74 Å². The van der Waals surface area contributed by atoms with Crippen molar-refractivity contribution in [3.8, 4) is 0 Å². The van der Waals surface area contributed by atoms with Crippen LogP contribution >= 0.6 is 11.3 Å². The molecule has 3 heterocycles. The zero-order valence-corrected chi connectivity index (χ0v) is 12.6. The Balaban J connectivity index is 1.50. The van der Waals surface area contributed by atoms with Gasteiger partial charge >= 0.3 is 0 Å². The zero-order valence-electron chi connectivity index (χ0n) is 11.8. The van der Waals surface area contributed by atoms with E-state index >= 15 is 0 Å². The van der Waals surface area contributed by atoms with Crippen molar-refractivity contribution in [3.05, 3.63) is 28.8 Å². The molecular weight excluding hydrogens is 286 g/mol. The van der Waals surface area contributed by atoms with Crippen molar-refractivity contribution in [3.63, 3.8) is 0 Å². The van der Waals surface area contributed by atoms with Crippen LogP contribution in [0.25, 0.3) is 0 Å². The predicted molar refractivity (Wildman–Crippen MR) is 83.8 cm³/mol.